The summed E-state index contributed by atoms with van der Waals surface area (Å²) in [5, 5.41) is 3.72. The highest BCUT2D eigenvalue weighted by Crippen LogP contribution is 2.29. The van der Waals surface area contributed by atoms with Gasteiger partial charge in [0.1, 0.15) is 0 Å². The van der Waals surface area contributed by atoms with E-state index in [-0.39, 0.29) is 11.8 Å². The summed E-state index contributed by atoms with van der Waals surface area (Å²) in [6.07, 6.45) is 1.71. The van der Waals surface area contributed by atoms with Crippen molar-refractivity contribution < 1.29 is 4.79 Å². The van der Waals surface area contributed by atoms with E-state index in [1.54, 1.807) is 0 Å². The Morgan fingerprint density at radius 3 is 2.41 bits per heavy atom. The first-order chi connectivity index (χ1) is 8.01. The van der Waals surface area contributed by atoms with Gasteiger partial charge in [0.25, 0.3) is 0 Å². The zero-order chi connectivity index (χ0) is 13.0. The quantitative estimate of drug-likeness (QED) is 0.862. The molecule has 94 valence electrons. The molecule has 17 heavy (non-hydrogen) atoms. The number of anilines is 1. The molecule has 0 saturated heterocycles. The van der Waals surface area contributed by atoms with E-state index in [1.807, 2.05) is 32.9 Å². The number of amides is 1. The fourth-order valence-corrected chi connectivity index (χ4v) is 2.03. The van der Waals surface area contributed by atoms with Gasteiger partial charge in [-0.25, -0.2) is 0 Å². The van der Waals surface area contributed by atoms with Gasteiger partial charge in [0.2, 0.25) is 5.91 Å². The summed E-state index contributed by atoms with van der Waals surface area (Å²) in [6.45, 7) is 7.90. The van der Waals surface area contributed by atoms with Crippen LogP contribution >= 0.6 is 11.6 Å². The van der Waals surface area contributed by atoms with Crippen molar-refractivity contribution in [3.63, 3.8) is 0 Å². The Labute approximate surface area is 108 Å². The molecular weight excluding hydrogens is 234 g/mol. The molecule has 0 unspecified atom stereocenters. The van der Waals surface area contributed by atoms with Crippen molar-refractivity contribution in [2.75, 3.05) is 5.32 Å². The van der Waals surface area contributed by atoms with E-state index in [1.165, 1.54) is 0 Å². The van der Waals surface area contributed by atoms with Crippen LogP contribution in [0.2, 0.25) is 5.02 Å². The highest BCUT2D eigenvalue weighted by atomic mass is 35.5. The van der Waals surface area contributed by atoms with Crippen molar-refractivity contribution in [2.45, 2.75) is 40.5 Å². The molecule has 0 aliphatic heterocycles. The van der Waals surface area contributed by atoms with E-state index >= 15 is 0 Å². The van der Waals surface area contributed by atoms with Gasteiger partial charge in [0.05, 0.1) is 0 Å². The number of aryl methyl sites for hydroxylation is 1. The van der Waals surface area contributed by atoms with E-state index < -0.39 is 0 Å². The monoisotopic (exact) mass is 253 g/mol. The fourth-order valence-electron chi connectivity index (χ4n) is 1.73. The predicted octanol–water partition coefficient (Wildman–Crippen LogP) is 4.06. The number of hydrogen-bond donors (Lipinski definition) is 1. The average Bonchev–Trinajstić information content (AvgIpc) is 2.29. The molecule has 1 N–H and O–H groups in total. The molecule has 3 heteroatoms. The van der Waals surface area contributed by atoms with Crippen molar-refractivity contribution in [1.82, 2.24) is 0 Å². The average molecular weight is 254 g/mol. The third-order valence-corrected chi connectivity index (χ3v) is 3.20. The number of rotatable bonds is 4. The maximum Gasteiger partial charge on any atom is 0.226 e. The predicted molar refractivity (Wildman–Crippen MR) is 73.7 cm³/mol. The molecule has 0 bridgehead atoms. The highest BCUT2D eigenvalue weighted by Gasteiger charge is 2.14. The lowest BCUT2D eigenvalue weighted by Crippen LogP contribution is -2.20. The van der Waals surface area contributed by atoms with Crippen LogP contribution < -0.4 is 5.32 Å². The van der Waals surface area contributed by atoms with Gasteiger partial charge >= 0.3 is 0 Å². The van der Waals surface area contributed by atoms with Crippen LogP contribution in [0, 0.1) is 5.92 Å². The van der Waals surface area contributed by atoms with Crippen molar-refractivity contribution in [1.29, 1.82) is 0 Å². The number of carbonyl (C=O) groups is 1. The molecule has 1 rings (SSSR count). The first-order valence-corrected chi connectivity index (χ1v) is 6.50. The van der Waals surface area contributed by atoms with Gasteiger partial charge in [0, 0.05) is 16.6 Å². The van der Waals surface area contributed by atoms with Crippen LogP contribution in [0.4, 0.5) is 5.69 Å². The molecule has 0 heterocycles. The molecule has 0 spiro atoms. The normalized spacial score (nSPS) is 10.7. The number of carbonyl (C=O) groups excluding carboxylic acids is 1. The molecule has 2 nitrogen and oxygen atoms in total. The summed E-state index contributed by atoms with van der Waals surface area (Å²) >= 11 is 6.17. The SMILES string of the molecule is CCc1ccc(Cl)c(CC)c1NC(=O)C(C)C. The summed E-state index contributed by atoms with van der Waals surface area (Å²) in [5.41, 5.74) is 3.07. The Hall–Kier alpha value is -1.02. The van der Waals surface area contributed by atoms with Gasteiger partial charge in [-0.05, 0) is 30.0 Å². The van der Waals surface area contributed by atoms with E-state index in [9.17, 15) is 4.79 Å². The van der Waals surface area contributed by atoms with E-state index in [4.69, 9.17) is 11.6 Å². The Morgan fingerprint density at radius 1 is 1.29 bits per heavy atom. The van der Waals surface area contributed by atoms with Crippen LogP contribution in [-0.4, -0.2) is 5.91 Å². The molecule has 0 saturated carbocycles. The first kappa shape index (κ1) is 14.0. The smallest absolute Gasteiger partial charge is 0.226 e. The first-order valence-electron chi connectivity index (χ1n) is 6.12. The fraction of sp³-hybridized carbons (Fsp3) is 0.500. The molecule has 0 radical (unpaired) electrons. The molecule has 0 aromatic heterocycles. The van der Waals surface area contributed by atoms with Crippen LogP contribution in [-0.2, 0) is 17.6 Å². The van der Waals surface area contributed by atoms with Crippen LogP contribution in [0.5, 0.6) is 0 Å². The molecule has 0 atom stereocenters. The van der Waals surface area contributed by atoms with Crippen LogP contribution in [0.1, 0.15) is 38.8 Å². The topological polar surface area (TPSA) is 29.1 Å². The standard InChI is InChI=1S/C14H20ClNO/c1-5-10-7-8-12(15)11(6-2)13(10)16-14(17)9(3)4/h7-9H,5-6H2,1-4H3,(H,16,17). The molecular formula is C14H20ClNO. The van der Waals surface area contributed by atoms with Gasteiger partial charge in [-0.2, -0.15) is 0 Å². The zero-order valence-electron chi connectivity index (χ0n) is 10.9. The maximum atomic E-state index is 11.8. The highest BCUT2D eigenvalue weighted by molar-refractivity contribution is 6.32. The summed E-state index contributed by atoms with van der Waals surface area (Å²) in [7, 11) is 0. The summed E-state index contributed by atoms with van der Waals surface area (Å²) < 4.78 is 0. The lowest BCUT2D eigenvalue weighted by molar-refractivity contribution is -0.118. The van der Waals surface area contributed by atoms with E-state index in [2.05, 4.69) is 12.2 Å². The number of nitrogens with one attached hydrogen (secondary N) is 1. The van der Waals surface area contributed by atoms with Crippen LogP contribution in [0.3, 0.4) is 0 Å². The molecule has 0 aliphatic carbocycles. The molecule has 1 amide bonds. The van der Waals surface area contributed by atoms with Gasteiger partial charge in [0.15, 0.2) is 0 Å². The maximum absolute atomic E-state index is 11.8. The largest absolute Gasteiger partial charge is 0.325 e. The minimum atomic E-state index is -0.0246. The Kier molecular flexibility index (Phi) is 5.01. The van der Waals surface area contributed by atoms with Gasteiger partial charge in [-0.3, -0.25) is 4.79 Å². The zero-order valence-corrected chi connectivity index (χ0v) is 11.7. The Morgan fingerprint density at radius 2 is 1.94 bits per heavy atom. The minimum Gasteiger partial charge on any atom is -0.325 e. The molecule has 1 aromatic carbocycles. The Bertz CT molecular complexity index is 413. The summed E-state index contributed by atoms with van der Waals surface area (Å²) in [5.74, 6) is 0.0139. The third-order valence-electron chi connectivity index (χ3n) is 2.85. The molecule has 0 aliphatic rings. The van der Waals surface area contributed by atoms with Crippen molar-refractivity contribution in [3.05, 3.63) is 28.3 Å². The lowest BCUT2D eigenvalue weighted by atomic mass is 10.0. The molecule has 0 fully saturated rings. The van der Waals surface area contributed by atoms with Gasteiger partial charge in [-0.1, -0.05) is 45.4 Å². The number of hydrogen-bond acceptors (Lipinski definition) is 1. The number of benzene rings is 1. The third kappa shape index (κ3) is 3.22. The lowest BCUT2D eigenvalue weighted by Gasteiger charge is -2.17. The molecule has 1 aromatic rings. The second-order valence-electron chi connectivity index (χ2n) is 4.41. The van der Waals surface area contributed by atoms with E-state index in [0.717, 1.165) is 34.7 Å². The van der Waals surface area contributed by atoms with Gasteiger partial charge < -0.3 is 5.32 Å². The second kappa shape index (κ2) is 6.06. The summed E-state index contributed by atoms with van der Waals surface area (Å²) in [4.78, 5) is 11.8. The minimum absolute atomic E-state index is 0.0246. The van der Waals surface area contributed by atoms with Gasteiger partial charge in [-0.15, -0.1) is 0 Å². The Balaban J connectivity index is 3.18. The summed E-state index contributed by atoms with van der Waals surface area (Å²) in [6, 6.07) is 3.89. The van der Waals surface area contributed by atoms with Crippen molar-refractivity contribution in [3.8, 4) is 0 Å². The van der Waals surface area contributed by atoms with Crippen molar-refractivity contribution in [2.24, 2.45) is 5.92 Å². The number of halogens is 1. The van der Waals surface area contributed by atoms with Crippen LogP contribution in [0.25, 0.3) is 0 Å². The van der Waals surface area contributed by atoms with Crippen molar-refractivity contribution >= 4 is 23.2 Å². The second-order valence-corrected chi connectivity index (χ2v) is 4.82. The van der Waals surface area contributed by atoms with E-state index in [0.29, 0.717) is 0 Å². The van der Waals surface area contributed by atoms with Crippen LogP contribution in [0.15, 0.2) is 12.1 Å².